The third-order valence-corrected chi connectivity index (χ3v) is 5.53. The maximum absolute atomic E-state index is 10.0. The second-order valence-electron chi connectivity index (χ2n) is 4.71. The van der Waals surface area contributed by atoms with Crippen molar-refractivity contribution in [3.8, 4) is 0 Å². The first kappa shape index (κ1) is 13.1. The van der Waals surface area contributed by atoms with Crippen LogP contribution in [0.1, 0.15) is 30.6 Å². The maximum Gasteiger partial charge on any atom is 0.210 e. The van der Waals surface area contributed by atoms with Crippen LogP contribution in [0.4, 0.5) is 0 Å². The Labute approximate surface area is 120 Å². The van der Waals surface area contributed by atoms with Gasteiger partial charge in [0.25, 0.3) is 0 Å². The highest BCUT2D eigenvalue weighted by Gasteiger charge is 2.26. The zero-order valence-corrected chi connectivity index (χ0v) is 12.1. The number of thiophene rings is 1. The molecule has 2 unspecified atom stereocenters. The third-order valence-electron chi connectivity index (χ3n) is 3.31. The Hall–Kier alpha value is -0.920. The summed E-state index contributed by atoms with van der Waals surface area (Å²) in [6.07, 6.45) is 4.01. The molecule has 1 saturated carbocycles. The molecule has 2 heterocycles. The molecule has 3 rings (SSSR count). The van der Waals surface area contributed by atoms with Crippen molar-refractivity contribution in [2.45, 2.75) is 48.7 Å². The molecule has 1 aliphatic carbocycles. The van der Waals surface area contributed by atoms with E-state index in [0.717, 1.165) is 24.4 Å². The summed E-state index contributed by atoms with van der Waals surface area (Å²) < 4.78 is 1.82. The second-order valence-corrected chi connectivity index (χ2v) is 6.95. The Morgan fingerprint density at radius 2 is 2.32 bits per heavy atom. The Balaban J connectivity index is 1.69. The van der Waals surface area contributed by atoms with E-state index in [9.17, 15) is 5.11 Å². The van der Waals surface area contributed by atoms with Crippen LogP contribution in [-0.4, -0.2) is 36.7 Å². The maximum atomic E-state index is 10.0. The molecule has 2 aromatic rings. The second kappa shape index (κ2) is 6.02. The van der Waals surface area contributed by atoms with E-state index >= 15 is 0 Å². The minimum atomic E-state index is -0.231. The molecule has 0 amide bonds. The molecule has 0 bridgehead atoms. The quantitative estimate of drug-likeness (QED) is 0.937. The number of thioether (sulfide) groups is 1. The summed E-state index contributed by atoms with van der Waals surface area (Å²) in [6.45, 7) is 0.704. The van der Waals surface area contributed by atoms with E-state index < -0.39 is 0 Å². The molecule has 1 N–H and O–H groups in total. The van der Waals surface area contributed by atoms with Gasteiger partial charge in [0.2, 0.25) is 5.16 Å². The summed E-state index contributed by atoms with van der Waals surface area (Å²) in [5.74, 6) is 0. The monoisotopic (exact) mass is 296 g/mol. The molecule has 102 valence electrons. The summed E-state index contributed by atoms with van der Waals surface area (Å²) in [4.78, 5) is 1.23. The Morgan fingerprint density at radius 1 is 1.42 bits per heavy atom. The highest BCUT2D eigenvalue weighted by atomic mass is 32.2. The van der Waals surface area contributed by atoms with Gasteiger partial charge in [0.15, 0.2) is 0 Å². The zero-order chi connectivity index (χ0) is 13.1. The molecule has 0 spiro atoms. The van der Waals surface area contributed by atoms with Gasteiger partial charge in [-0.05, 0) is 34.7 Å². The molecule has 0 radical (unpaired) electrons. The average molecular weight is 296 g/mol. The fourth-order valence-electron chi connectivity index (χ4n) is 2.28. The van der Waals surface area contributed by atoms with E-state index in [-0.39, 0.29) is 11.4 Å². The number of tetrazole rings is 1. The van der Waals surface area contributed by atoms with Crippen molar-refractivity contribution in [2.75, 3.05) is 0 Å². The number of hydrogen-bond donors (Lipinski definition) is 1. The van der Waals surface area contributed by atoms with Gasteiger partial charge < -0.3 is 5.11 Å². The van der Waals surface area contributed by atoms with E-state index in [1.165, 1.54) is 11.3 Å². The summed E-state index contributed by atoms with van der Waals surface area (Å²) in [5.41, 5.74) is 0. The van der Waals surface area contributed by atoms with Crippen molar-refractivity contribution in [1.82, 2.24) is 20.2 Å². The summed E-state index contributed by atoms with van der Waals surface area (Å²) >= 11 is 3.31. The molecule has 19 heavy (non-hydrogen) atoms. The highest BCUT2D eigenvalue weighted by molar-refractivity contribution is 7.99. The highest BCUT2D eigenvalue weighted by Crippen LogP contribution is 2.32. The van der Waals surface area contributed by atoms with Gasteiger partial charge in [0.1, 0.15) is 0 Å². The van der Waals surface area contributed by atoms with Gasteiger partial charge in [0.05, 0.1) is 12.6 Å². The largest absolute Gasteiger partial charge is 0.392 e. The van der Waals surface area contributed by atoms with Crippen LogP contribution < -0.4 is 0 Å². The lowest BCUT2D eigenvalue weighted by molar-refractivity contribution is 0.136. The number of hydrogen-bond acceptors (Lipinski definition) is 6. The van der Waals surface area contributed by atoms with Gasteiger partial charge in [-0.2, -0.15) is 0 Å². The van der Waals surface area contributed by atoms with E-state index in [1.807, 2.05) is 10.7 Å². The first-order valence-electron chi connectivity index (χ1n) is 6.46. The van der Waals surface area contributed by atoms with Crippen LogP contribution in [0.2, 0.25) is 0 Å². The van der Waals surface area contributed by atoms with Crippen molar-refractivity contribution in [2.24, 2.45) is 0 Å². The lowest BCUT2D eigenvalue weighted by Crippen LogP contribution is -2.27. The van der Waals surface area contributed by atoms with E-state index in [4.69, 9.17) is 0 Å². The summed E-state index contributed by atoms with van der Waals surface area (Å²) in [7, 11) is 0. The van der Waals surface area contributed by atoms with Crippen LogP contribution in [-0.2, 0) is 6.54 Å². The third kappa shape index (κ3) is 3.16. The van der Waals surface area contributed by atoms with Crippen molar-refractivity contribution in [3.63, 3.8) is 0 Å². The SMILES string of the molecule is OC1CCCCC1Sc1nnnn1Cc1cccs1. The smallest absolute Gasteiger partial charge is 0.210 e. The fraction of sp³-hybridized carbons (Fsp3) is 0.583. The molecule has 0 aliphatic heterocycles. The van der Waals surface area contributed by atoms with Gasteiger partial charge in [-0.3, -0.25) is 0 Å². The van der Waals surface area contributed by atoms with E-state index in [1.54, 1.807) is 23.1 Å². The van der Waals surface area contributed by atoms with Crippen molar-refractivity contribution < 1.29 is 5.11 Å². The molecule has 1 fully saturated rings. The Bertz CT molecular complexity index is 514. The summed E-state index contributed by atoms with van der Waals surface area (Å²) in [5, 5.41) is 25.0. The lowest BCUT2D eigenvalue weighted by Gasteiger charge is -2.26. The van der Waals surface area contributed by atoms with Crippen LogP contribution in [0.5, 0.6) is 0 Å². The first-order valence-corrected chi connectivity index (χ1v) is 8.22. The molecule has 0 aromatic carbocycles. The van der Waals surface area contributed by atoms with Crippen molar-refractivity contribution in [3.05, 3.63) is 22.4 Å². The minimum absolute atomic E-state index is 0.224. The molecule has 1 aliphatic rings. The fourth-order valence-corrected chi connectivity index (χ4v) is 4.12. The van der Waals surface area contributed by atoms with Gasteiger partial charge in [-0.15, -0.1) is 16.4 Å². The van der Waals surface area contributed by atoms with Gasteiger partial charge >= 0.3 is 0 Å². The van der Waals surface area contributed by atoms with Crippen LogP contribution in [0, 0.1) is 0 Å². The number of aromatic nitrogens is 4. The molecule has 0 saturated heterocycles. The van der Waals surface area contributed by atoms with Crippen LogP contribution >= 0.6 is 23.1 Å². The van der Waals surface area contributed by atoms with Crippen LogP contribution in [0.3, 0.4) is 0 Å². The van der Waals surface area contributed by atoms with Gasteiger partial charge in [-0.25, -0.2) is 4.68 Å². The Kier molecular flexibility index (Phi) is 4.15. The Morgan fingerprint density at radius 3 is 3.11 bits per heavy atom. The first-order chi connectivity index (χ1) is 9.33. The predicted molar refractivity (Wildman–Crippen MR) is 75.4 cm³/mol. The normalized spacial score (nSPS) is 23.6. The summed E-state index contributed by atoms with van der Waals surface area (Å²) in [6, 6.07) is 4.11. The molecular weight excluding hydrogens is 280 g/mol. The van der Waals surface area contributed by atoms with Crippen LogP contribution in [0.15, 0.2) is 22.7 Å². The van der Waals surface area contributed by atoms with Gasteiger partial charge in [-0.1, -0.05) is 30.7 Å². The number of aliphatic hydroxyl groups excluding tert-OH is 1. The zero-order valence-electron chi connectivity index (χ0n) is 10.5. The van der Waals surface area contributed by atoms with Gasteiger partial charge in [0, 0.05) is 10.1 Å². The van der Waals surface area contributed by atoms with Crippen molar-refractivity contribution >= 4 is 23.1 Å². The molecule has 7 heteroatoms. The predicted octanol–water partition coefficient (Wildman–Crippen LogP) is 2.18. The minimum Gasteiger partial charge on any atom is -0.392 e. The van der Waals surface area contributed by atoms with E-state index in [0.29, 0.717) is 6.54 Å². The molecule has 2 aromatic heterocycles. The topological polar surface area (TPSA) is 63.8 Å². The molecular formula is C12H16N4OS2. The van der Waals surface area contributed by atoms with Crippen molar-refractivity contribution in [1.29, 1.82) is 0 Å². The number of nitrogens with zero attached hydrogens (tertiary/aromatic N) is 4. The number of aliphatic hydroxyl groups is 1. The lowest BCUT2D eigenvalue weighted by atomic mass is 9.97. The molecule has 5 nitrogen and oxygen atoms in total. The van der Waals surface area contributed by atoms with E-state index in [2.05, 4.69) is 27.0 Å². The van der Waals surface area contributed by atoms with Crippen LogP contribution in [0.25, 0.3) is 0 Å². The molecule has 2 atom stereocenters. The standard InChI is InChI=1S/C12H16N4OS2/c17-10-5-1-2-6-11(10)19-12-13-14-15-16(12)8-9-4-3-7-18-9/h3-4,7,10-11,17H,1-2,5-6,8H2. The average Bonchev–Trinajstić information content (AvgIpc) is 3.06. The number of rotatable bonds is 4.